The number of fused-ring (bicyclic) bond motifs is 1. The van der Waals surface area contributed by atoms with Gasteiger partial charge >= 0.3 is 0 Å². The van der Waals surface area contributed by atoms with Crippen molar-refractivity contribution >= 4 is 17.2 Å². The molecule has 0 radical (unpaired) electrons. The Kier molecular flexibility index (Phi) is 10.4. The minimum atomic E-state index is -0.747. The van der Waals surface area contributed by atoms with Gasteiger partial charge in [0.15, 0.2) is 0 Å². The number of aliphatic hydroxyl groups excluding tert-OH is 1. The van der Waals surface area contributed by atoms with E-state index in [-0.39, 0.29) is 31.7 Å². The van der Waals surface area contributed by atoms with Gasteiger partial charge in [0, 0.05) is 31.6 Å². The molecule has 34 heavy (non-hydrogen) atoms. The largest absolute Gasteiger partial charge is 0.491 e. The van der Waals surface area contributed by atoms with E-state index in [4.69, 9.17) is 20.6 Å². The highest BCUT2D eigenvalue weighted by atomic mass is 32.1. The first-order valence-electron chi connectivity index (χ1n) is 11.5. The number of aryl methyl sites for hydroxylation is 1. The molecule has 2 aromatic rings. The lowest BCUT2D eigenvalue weighted by Crippen LogP contribution is -2.48. The van der Waals surface area contributed by atoms with Crippen LogP contribution >= 0.6 is 11.3 Å². The molecule has 3 rings (SSSR count). The fraction of sp³-hybridized carbons (Fsp3) is 0.500. The third-order valence-electron chi connectivity index (χ3n) is 5.75. The molecule has 1 aliphatic heterocycles. The van der Waals surface area contributed by atoms with E-state index in [9.17, 15) is 9.90 Å². The van der Waals surface area contributed by atoms with E-state index >= 15 is 0 Å². The Labute approximate surface area is 206 Å². The van der Waals surface area contributed by atoms with Crippen molar-refractivity contribution in [2.24, 2.45) is 0 Å². The summed E-state index contributed by atoms with van der Waals surface area (Å²) in [5.41, 5.74) is 2.28. The molecule has 8 heteroatoms. The van der Waals surface area contributed by atoms with Gasteiger partial charge in [0.1, 0.15) is 19.0 Å². The lowest BCUT2D eigenvalue weighted by molar-refractivity contribution is -0.136. The number of nitrogens with zero attached hydrogens (tertiary/aromatic N) is 2. The van der Waals surface area contributed by atoms with Crippen molar-refractivity contribution in [2.45, 2.75) is 25.5 Å². The second-order valence-electron chi connectivity index (χ2n) is 8.38. The topological polar surface area (TPSA) is 71.5 Å². The molecule has 0 unspecified atom stereocenters. The van der Waals surface area contributed by atoms with Crippen LogP contribution in [0, 0.1) is 19.3 Å². The zero-order valence-corrected chi connectivity index (χ0v) is 20.8. The molecule has 0 saturated carbocycles. The van der Waals surface area contributed by atoms with Crippen LogP contribution in [0.15, 0.2) is 35.7 Å². The summed E-state index contributed by atoms with van der Waals surface area (Å²) in [6, 6.07) is 9.87. The predicted molar refractivity (Wildman–Crippen MR) is 133 cm³/mol. The van der Waals surface area contributed by atoms with Gasteiger partial charge in [-0.2, -0.15) is 0 Å². The highest BCUT2D eigenvalue weighted by Gasteiger charge is 2.33. The first-order chi connectivity index (χ1) is 16.5. The molecule has 1 aliphatic rings. The fourth-order valence-electron chi connectivity index (χ4n) is 4.10. The summed E-state index contributed by atoms with van der Waals surface area (Å²) in [4.78, 5) is 18.6. The van der Waals surface area contributed by atoms with Crippen LogP contribution in [0.4, 0.5) is 0 Å². The van der Waals surface area contributed by atoms with E-state index in [0.717, 1.165) is 23.3 Å². The van der Waals surface area contributed by atoms with Gasteiger partial charge in [-0.25, -0.2) is 0 Å². The molecule has 0 spiro atoms. The number of carbonyl (C=O) groups excluding carboxylic acids is 1. The molecule has 184 valence electrons. The number of hydrogen-bond acceptors (Lipinski definition) is 7. The summed E-state index contributed by atoms with van der Waals surface area (Å²) < 4.78 is 16.6. The van der Waals surface area contributed by atoms with Gasteiger partial charge in [-0.1, -0.05) is 18.1 Å². The molecular weight excluding hydrogens is 452 g/mol. The van der Waals surface area contributed by atoms with Gasteiger partial charge in [-0.3, -0.25) is 9.69 Å². The van der Waals surface area contributed by atoms with Crippen LogP contribution in [-0.2, 0) is 20.7 Å². The molecule has 2 heterocycles. The van der Waals surface area contributed by atoms with Crippen LogP contribution in [0.5, 0.6) is 5.75 Å². The van der Waals surface area contributed by atoms with Crippen molar-refractivity contribution in [3.63, 3.8) is 0 Å². The third-order valence-corrected chi connectivity index (χ3v) is 6.74. The van der Waals surface area contributed by atoms with Crippen molar-refractivity contribution < 1.29 is 24.1 Å². The van der Waals surface area contributed by atoms with Crippen LogP contribution in [0.25, 0.3) is 0 Å². The van der Waals surface area contributed by atoms with Crippen LogP contribution in [0.3, 0.4) is 0 Å². The number of terminal acetylenes is 1. The molecule has 1 aromatic heterocycles. The minimum absolute atomic E-state index is 0.00235. The maximum absolute atomic E-state index is 13.5. The van der Waals surface area contributed by atoms with Crippen LogP contribution < -0.4 is 4.74 Å². The van der Waals surface area contributed by atoms with E-state index < -0.39 is 6.10 Å². The SMILES string of the molecule is C#CCOC[C@@H](O)CN(CCOC)CC(=O)N1CCc2sccc2[C@@H]1COc1cccc(C)c1. The lowest BCUT2D eigenvalue weighted by atomic mass is 10.0. The van der Waals surface area contributed by atoms with E-state index in [0.29, 0.717) is 32.8 Å². The quantitative estimate of drug-likeness (QED) is 0.347. The van der Waals surface area contributed by atoms with Crippen LogP contribution in [-0.4, -0.2) is 86.6 Å². The molecule has 0 bridgehead atoms. The molecule has 1 aromatic carbocycles. The molecule has 0 saturated heterocycles. The van der Waals surface area contributed by atoms with Gasteiger partial charge in [0.25, 0.3) is 0 Å². The first-order valence-corrected chi connectivity index (χ1v) is 12.4. The minimum Gasteiger partial charge on any atom is -0.491 e. The number of carbonyl (C=O) groups is 1. The van der Waals surface area contributed by atoms with Crippen molar-refractivity contribution in [3.05, 3.63) is 51.7 Å². The van der Waals surface area contributed by atoms with E-state index in [1.807, 2.05) is 41.0 Å². The molecule has 7 nitrogen and oxygen atoms in total. The maximum Gasteiger partial charge on any atom is 0.237 e. The Morgan fingerprint density at radius 1 is 1.41 bits per heavy atom. The summed E-state index contributed by atoms with van der Waals surface area (Å²) >= 11 is 1.73. The number of aliphatic hydroxyl groups is 1. The monoisotopic (exact) mass is 486 g/mol. The van der Waals surface area contributed by atoms with Gasteiger partial charge in [0.05, 0.1) is 31.9 Å². The second-order valence-corrected chi connectivity index (χ2v) is 9.38. The number of ether oxygens (including phenoxy) is 3. The number of hydrogen-bond donors (Lipinski definition) is 1. The Bertz CT molecular complexity index is 957. The van der Waals surface area contributed by atoms with Crippen molar-refractivity contribution in [1.82, 2.24) is 9.80 Å². The Hall–Kier alpha value is -2.41. The molecule has 0 fully saturated rings. The normalized spacial score (nSPS) is 16.2. The summed E-state index contributed by atoms with van der Waals surface area (Å²) in [5.74, 6) is 3.18. The summed E-state index contributed by atoms with van der Waals surface area (Å²) in [6.45, 7) is 4.78. The molecule has 2 atom stereocenters. The van der Waals surface area contributed by atoms with Crippen molar-refractivity contribution in [1.29, 1.82) is 0 Å². The zero-order valence-electron chi connectivity index (χ0n) is 19.9. The highest BCUT2D eigenvalue weighted by Crippen LogP contribution is 2.34. The smallest absolute Gasteiger partial charge is 0.237 e. The van der Waals surface area contributed by atoms with Gasteiger partial charge in [-0.05, 0) is 48.1 Å². The number of benzene rings is 1. The second kappa shape index (κ2) is 13.5. The van der Waals surface area contributed by atoms with Gasteiger partial charge in [-0.15, -0.1) is 17.8 Å². The third kappa shape index (κ3) is 7.55. The Morgan fingerprint density at radius 2 is 2.26 bits per heavy atom. The Morgan fingerprint density at radius 3 is 3.03 bits per heavy atom. The number of amides is 1. The Balaban J connectivity index is 1.68. The van der Waals surface area contributed by atoms with Crippen LogP contribution in [0.1, 0.15) is 22.0 Å². The van der Waals surface area contributed by atoms with E-state index in [1.54, 1.807) is 18.4 Å². The molecule has 0 aliphatic carbocycles. The standard InChI is InChI=1S/C26H34N2O5S/c1-4-12-32-18-21(29)16-27(11-13-31-3)17-26(30)28-10-8-25-23(9-14-34-25)24(28)19-33-22-7-5-6-20(2)15-22/h1,5-7,9,14-15,21,24,29H,8,10-13,16-19H2,2-3H3/t21-,24-/m0/s1. The summed E-state index contributed by atoms with van der Waals surface area (Å²) in [7, 11) is 1.62. The number of methoxy groups -OCH3 is 1. The van der Waals surface area contributed by atoms with E-state index in [2.05, 4.69) is 17.4 Å². The average Bonchev–Trinajstić information content (AvgIpc) is 3.30. The lowest BCUT2D eigenvalue weighted by Gasteiger charge is -2.37. The van der Waals surface area contributed by atoms with Crippen molar-refractivity contribution in [3.8, 4) is 18.1 Å². The summed E-state index contributed by atoms with van der Waals surface area (Å²) in [6.07, 6.45) is 5.28. The van der Waals surface area contributed by atoms with Crippen molar-refractivity contribution in [2.75, 3.05) is 59.7 Å². The molecule has 1 amide bonds. The summed E-state index contributed by atoms with van der Waals surface area (Å²) in [5, 5.41) is 12.4. The van der Waals surface area contributed by atoms with Crippen LogP contribution in [0.2, 0.25) is 0 Å². The molecule has 1 N–H and O–H groups in total. The van der Waals surface area contributed by atoms with Gasteiger partial charge in [0.2, 0.25) is 5.91 Å². The van der Waals surface area contributed by atoms with Gasteiger partial charge < -0.3 is 24.2 Å². The fourth-order valence-corrected chi connectivity index (χ4v) is 5.03. The zero-order chi connectivity index (χ0) is 24.3. The number of rotatable bonds is 13. The number of thiophene rings is 1. The first kappa shape index (κ1) is 26.2. The predicted octanol–water partition coefficient (Wildman–Crippen LogP) is 2.52. The average molecular weight is 487 g/mol. The van der Waals surface area contributed by atoms with E-state index in [1.165, 1.54) is 4.88 Å². The molecular formula is C26H34N2O5S. The maximum atomic E-state index is 13.5. The highest BCUT2D eigenvalue weighted by molar-refractivity contribution is 7.10.